The Morgan fingerprint density at radius 2 is 1.95 bits per heavy atom. The number of halogens is 3. The summed E-state index contributed by atoms with van der Waals surface area (Å²) in [4.78, 5) is -0.0145. The van der Waals surface area contributed by atoms with Crippen LogP contribution in [0.5, 0.6) is 0 Å². The highest BCUT2D eigenvalue weighted by molar-refractivity contribution is 9.09. The van der Waals surface area contributed by atoms with Gasteiger partial charge in [-0.25, -0.2) is 4.39 Å². The third-order valence-electron chi connectivity index (χ3n) is 3.38. The molecule has 2 aromatic rings. The Hall–Kier alpha value is -0.800. The average molecular weight is 346 g/mol. The minimum atomic E-state index is -0.271. The first-order valence-corrected chi connectivity index (χ1v) is 7.34. The van der Waals surface area contributed by atoms with E-state index in [1.54, 1.807) is 12.1 Å². The van der Waals surface area contributed by atoms with E-state index in [1.165, 1.54) is 6.07 Å². The molecule has 4 heteroatoms. The summed E-state index contributed by atoms with van der Waals surface area (Å²) in [6.45, 7) is 5.87. The lowest BCUT2D eigenvalue weighted by Crippen LogP contribution is -2.01. The highest BCUT2D eigenvalue weighted by Gasteiger charge is 2.21. The number of alkyl halides is 1. The predicted molar refractivity (Wildman–Crippen MR) is 79.7 cm³/mol. The van der Waals surface area contributed by atoms with E-state index in [2.05, 4.69) is 15.9 Å². The fraction of sp³-hybridized carbons (Fsp3) is 0.333. The number of hydrogen-bond donors (Lipinski definition) is 0. The minimum absolute atomic E-state index is 0.0145. The van der Waals surface area contributed by atoms with Gasteiger partial charge < -0.3 is 4.42 Å². The van der Waals surface area contributed by atoms with Crippen molar-refractivity contribution in [1.82, 2.24) is 0 Å². The van der Waals surface area contributed by atoms with E-state index in [0.29, 0.717) is 17.0 Å². The Labute approximate surface area is 125 Å². The zero-order chi connectivity index (χ0) is 14.2. The summed E-state index contributed by atoms with van der Waals surface area (Å²) in [5, 5.41) is 0.458. The Bertz CT molecular complexity index is 586. The Morgan fingerprint density at radius 3 is 2.47 bits per heavy atom. The second kappa shape index (κ2) is 5.68. The molecule has 0 saturated carbocycles. The van der Waals surface area contributed by atoms with Crippen molar-refractivity contribution in [2.24, 2.45) is 0 Å². The molecule has 102 valence electrons. The Morgan fingerprint density at radius 1 is 1.26 bits per heavy atom. The summed E-state index contributed by atoms with van der Waals surface area (Å²) in [5.41, 5.74) is 2.72. The van der Waals surface area contributed by atoms with E-state index in [4.69, 9.17) is 16.0 Å². The van der Waals surface area contributed by atoms with Crippen LogP contribution in [-0.2, 0) is 6.42 Å². The summed E-state index contributed by atoms with van der Waals surface area (Å²) in [6.07, 6.45) is 0.492. The molecule has 1 heterocycles. The summed E-state index contributed by atoms with van der Waals surface area (Å²) in [6, 6.07) is 4.75. The fourth-order valence-corrected chi connectivity index (χ4v) is 3.51. The van der Waals surface area contributed by atoms with Crippen LogP contribution in [0.25, 0.3) is 0 Å². The molecule has 1 atom stereocenters. The van der Waals surface area contributed by atoms with E-state index in [1.807, 2.05) is 20.8 Å². The molecule has 1 aromatic carbocycles. The van der Waals surface area contributed by atoms with Gasteiger partial charge in [-0.1, -0.05) is 33.6 Å². The minimum Gasteiger partial charge on any atom is -0.466 e. The lowest BCUT2D eigenvalue weighted by Gasteiger charge is -2.12. The normalized spacial score (nSPS) is 12.7. The smallest absolute Gasteiger partial charge is 0.127 e. The number of aryl methyl sites for hydroxylation is 2. The fourth-order valence-electron chi connectivity index (χ4n) is 2.28. The average Bonchev–Trinajstić information content (AvgIpc) is 2.58. The van der Waals surface area contributed by atoms with Gasteiger partial charge in [0, 0.05) is 21.0 Å². The van der Waals surface area contributed by atoms with Crippen LogP contribution >= 0.6 is 27.5 Å². The number of benzene rings is 1. The molecule has 0 saturated heterocycles. The molecule has 1 aromatic heterocycles. The van der Waals surface area contributed by atoms with E-state index < -0.39 is 0 Å². The van der Waals surface area contributed by atoms with Crippen LogP contribution in [-0.4, -0.2) is 0 Å². The maximum Gasteiger partial charge on any atom is 0.127 e. The van der Waals surface area contributed by atoms with E-state index >= 15 is 0 Å². The maximum atomic E-state index is 13.8. The molecule has 0 aliphatic rings. The molecule has 19 heavy (non-hydrogen) atoms. The van der Waals surface area contributed by atoms with Crippen molar-refractivity contribution in [3.8, 4) is 0 Å². The second-order valence-electron chi connectivity index (χ2n) is 4.62. The Kier molecular flexibility index (Phi) is 4.36. The van der Waals surface area contributed by atoms with Gasteiger partial charge in [-0.15, -0.1) is 0 Å². The lowest BCUT2D eigenvalue weighted by molar-refractivity contribution is 0.499. The highest BCUT2D eigenvalue weighted by atomic mass is 79.9. The predicted octanol–water partition coefficient (Wildman–Crippen LogP) is 5.68. The molecule has 0 radical (unpaired) electrons. The van der Waals surface area contributed by atoms with Crippen LogP contribution in [0.1, 0.15) is 33.0 Å². The van der Waals surface area contributed by atoms with Gasteiger partial charge in [0.1, 0.15) is 17.3 Å². The number of furan rings is 1. The van der Waals surface area contributed by atoms with Crippen molar-refractivity contribution in [2.45, 2.75) is 32.0 Å². The van der Waals surface area contributed by atoms with Crippen molar-refractivity contribution in [1.29, 1.82) is 0 Å². The Balaban J connectivity index is 2.33. The van der Waals surface area contributed by atoms with Crippen LogP contribution in [0.2, 0.25) is 5.02 Å². The van der Waals surface area contributed by atoms with Gasteiger partial charge in [-0.05, 0) is 44.9 Å². The topological polar surface area (TPSA) is 13.1 Å². The van der Waals surface area contributed by atoms with Crippen molar-refractivity contribution in [3.63, 3.8) is 0 Å². The second-order valence-corrected chi connectivity index (χ2v) is 6.14. The summed E-state index contributed by atoms with van der Waals surface area (Å²) in [5.74, 6) is 1.49. The van der Waals surface area contributed by atoms with Crippen LogP contribution in [0, 0.1) is 26.6 Å². The quantitative estimate of drug-likeness (QED) is 0.653. The first kappa shape index (κ1) is 14.6. The van der Waals surface area contributed by atoms with Gasteiger partial charge in [0.15, 0.2) is 0 Å². The third-order valence-corrected chi connectivity index (χ3v) is 4.51. The zero-order valence-electron chi connectivity index (χ0n) is 11.1. The third kappa shape index (κ3) is 2.87. The molecular formula is C15H15BrClFO. The molecular weight excluding hydrogens is 331 g/mol. The number of hydrogen-bond acceptors (Lipinski definition) is 1. The lowest BCUT2D eigenvalue weighted by atomic mass is 10.0. The maximum absolute atomic E-state index is 13.8. The summed E-state index contributed by atoms with van der Waals surface area (Å²) >= 11 is 9.68. The molecule has 0 amide bonds. The van der Waals surface area contributed by atoms with Crippen LogP contribution in [0.15, 0.2) is 22.6 Å². The molecule has 1 unspecified atom stereocenters. The molecule has 0 fully saturated rings. The van der Waals surface area contributed by atoms with Crippen molar-refractivity contribution in [2.75, 3.05) is 0 Å². The highest BCUT2D eigenvalue weighted by Crippen LogP contribution is 2.36. The monoisotopic (exact) mass is 344 g/mol. The van der Waals surface area contributed by atoms with Crippen LogP contribution in [0.4, 0.5) is 4.39 Å². The molecule has 0 N–H and O–H groups in total. The van der Waals surface area contributed by atoms with Gasteiger partial charge in [-0.2, -0.15) is 0 Å². The van der Waals surface area contributed by atoms with Gasteiger partial charge >= 0.3 is 0 Å². The number of rotatable bonds is 3. The van der Waals surface area contributed by atoms with Gasteiger partial charge in [0.2, 0.25) is 0 Å². The first-order chi connectivity index (χ1) is 8.91. The molecule has 0 aliphatic carbocycles. The largest absolute Gasteiger partial charge is 0.466 e. The van der Waals surface area contributed by atoms with Crippen LogP contribution in [0.3, 0.4) is 0 Å². The first-order valence-electron chi connectivity index (χ1n) is 6.05. The van der Waals surface area contributed by atoms with Gasteiger partial charge in [0.25, 0.3) is 0 Å². The van der Waals surface area contributed by atoms with E-state index in [9.17, 15) is 4.39 Å². The van der Waals surface area contributed by atoms with E-state index in [-0.39, 0.29) is 10.6 Å². The SMILES string of the molecule is Cc1oc(C)c(C(Br)Cc2c(F)cccc2Cl)c1C. The van der Waals surface area contributed by atoms with E-state index in [0.717, 1.165) is 22.6 Å². The summed E-state index contributed by atoms with van der Waals surface area (Å²) < 4.78 is 19.4. The standard InChI is InChI=1S/C15H15BrClFO/c1-8-9(2)19-10(3)15(8)12(16)7-11-13(17)5-4-6-14(11)18/h4-6,12H,7H2,1-3H3. The molecule has 1 nitrogen and oxygen atoms in total. The molecule has 0 aliphatic heterocycles. The van der Waals surface area contributed by atoms with Crippen molar-refractivity contribution < 1.29 is 8.81 Å². The summed E-state index contributed by atoms with van der Waals surface area (Å²) in [7, 11) is 0. The van der Waals surface area contributed by atoms with Crippen molar-refractivity contribution in [3.05, 3.63) is 57.2 Å². The zero-order valence-corrected chi connectivity index (χ0v) is 13.4. The molecule has 0 spiro atoms. The van der Waals surface area contributed by atoms with Gasteiger partial charge in [-0.3, -0.25) is 0 Å². The van der Waals surface area contributed by atoms with Crippen LogP contribution < -0.4 is 0 Å². The molecule has 2 rings (SSSR count). The van der Waals surface area contributed by atoms with Gasteiger partial charge in [0.05, 0.1) is 0 Å². The molecule has 0 bridgehead atoms. The van der Waals surface area contributed by atoms with Crippen molar-refractivity contribution >= 4 is 27.5 Å².